The minimum atomic E-state index is -3.67. The van der Waals surface area contributed by atoms with Crippen molar-refractivity contribution in [3.05, 3.63) is 23.8 Å². The van der Waals surface area contributed by atoms with E-state index in [0.29, 0.717) is 19.0 Å². The normalized spacial score (nSPS) is 26.7. The molecule has 0 radical (unpaired) electrons. The molecule has 134 valence electrons. The smallest absolute Gasteiger partial charge is 0.252 e. The number of fused-ring (bicyclic) bond motifs is 1. The summed E-state index contributed by atoms with van der Waals surface area (Å²) in [5, 5.41) is 0. The molecule has 1 heterocycles. The van der Waals surface area contributed by atoms with Gasteiger partial charge in [0.1, 0.15) is 5.75 Å². The van der Waals surface area contributed by atoms with Gasteiger partial charge in [0.15, 0.2) is 0 Å². The van der Waals surface area contributed by atoms with Gasteiger partial charge in [-0.05, 0) is 42.9 Å². The second kappa shape index (κ2) is 6.87. The van der Waals surface area contributed by atoms with Crippen LogP contribution in [0.25, 0.3) is 0 Å². The molecule has 1 aliphatic carbocycles. The number of nitrogens with zero attached hydrogens (tertiary/aromatic N) is 1. The fourth-order valence-electron chi connectivity index (χ4n) is 3.65. The molecule has 1 aromatic rings. The molecule has 3 rings (SSSR count). The first-order chi connectivity index (χ1) is 10.8. The average molecular weight is 376 g/mol. The molecule has 9 heteroatoms. The monoisotopic (exact) mass is 375 g/mol. The standard InChI is InChI=1S/C15H21N3O4S.ClH/c1-22-14-5-3-10(6-11(14)15(17)19)23(20,21)18-7-9-2-4-13(16)12(9)8-18;/h3,5-6,9,12-13H,2,4,7-8,16H2,1H3,(H2,17,19);1H. The number of benzene rings is 1. The molecule has 7 nitrogen and oxygen atoms in total. The predicted molar refractivity (Wildman–Crippen MR) is 91.7 cm³/mol. The van der Waals surface area contributed by atoms with E-state index < -0.39 is 15.9 Å². The highest BCUT2D eigenvalue weighted by Crippen LogP contribution is 2.39. The summed E-state index contributed by atoms with van der Waals surface area (Å²) in [7, 11) is -2.27. The second-order valence-corrected chi connectivity index (χ2v) is 8.15. The van der Waals surface area contributed by atoms with E-state index in [4.69, 9.17) is 16.2 Å². The van der Waals surface area contributed by atoms with Crippen LogP contribution >= 0.6 is 12.4 Å². The number of hydrogen-bond acceptors (Lipinski definition) is 5. The van der Waals surface area contributed by atoms with E-state index in [9.17, 15) is 13.2 Å². The Hall–Kier alpha value is -1.35. The van der Waals surface area contributed by atoms with E-state index in [2.05, 4.69) is 0 Å². The number of sulfonamides is 1. The second-order valence-electron chi connectivity index (χ2n) is 6.21. The van der Waals surface area contributed by atoms with Gasteiger partial charge in [-0.15, -0.1) is 12.4 Å². The van der Waals surface area contributed by atoms with Gasteiger partial charge in [0.2, 0.25) is 10.0 Å². The Morgan fingerprint density at radius 2 is 2.00 bits per heavy atom. The summed E-state index contributed by atoms with van der Waals surface area (Å²) in [6, 6.07) is 4.24. The molecule has 1 saturated carbocycles. The first-order valence-electron chi connectivity index (χ1n) is 7.58. The molecule has 2 fully saturated rings. The van der Waals surface area contributed by atoms with Gasteiger partial charge >= 0.3 is 0 Å². The largest absolute Gasteiger partial charge is 0.496 e. The lowest BCUT2D eigenvalue weighted by atomic mass is 9.98. The molecule has 1 aliphatic heterocycles. The van der Waals surface area contributed by atoms with Gasteiger partial charge in [0, 0.05) is 19.1 Å². The Balaban J connectivity index is 0.00000208. The van der Waals surface area contributed by atoms with Gasteiger partial charge in [0.05, 0.1) is 17.6 Å². The zero-order chi connectivity index (χ0) is 16.8. The summed E-state index contributed by atoms with van der Waals surface area (Å²) in [6.45, 7) is 0.921. The summed E-state index contributed by atoms with van der Waals surface area (Å²) < 4.78 is 32.2. The van der Waals surface area contributed by atoms with Crippen LogP contribution < -0.4 is 16.2 Å². The van der Waals surface area contributed by atoms with E-state index in [1.165, 1.54) is 29.6 Å². The fraction of sp³-hybridized carbons (Fsp3) is 0.533. The predicted octanol–water partition coefficient (Wildman–Crippen LogP) is 0.574. The molecule has 0 aromatic heterocycles. The Labute approximate surface area is 147 Å². The number of methoxy groups -OCH3 is 1. The van der Waals surface area contributed by atoms with Gasteiger partial charge < -0.3 is 16.2 Å². The third-order valence-electron chi connectivity index (χ3n) is 4.95. The molecule has 2 aliphatic rings. The minimum Gasteiger partial charge on any atom is -0.496 e. The first kappa shape index (κ1) is 19.0. The summed E-state index contributed by atoms with van der Waals surface area (Å²) in [5.74, 6) is 0.0863. The minimum absolute atomic E-state index is 0. The van der Waals surface area contributed by atoms with E-state index in [0.717, 1.165) is 12.8 Å². The highest BCUT2D eigenvalue weighted by Gasteiger charge is 2.45. The van der Waals surface area contributed by atoms with Crippen molar-refractivity contribution in [1.29, 1.82) is 0 Å². The van der Waals surface area contributed by atoms with Crippen LogP contribution in [-0.4, -0.2) is 44.9 Å². The van der Waals surface area contributed by atoms with Crippen LogP contribution in [0.4, 0.5) is 0 Å². The number of primary amides is 1. The maximum Gasteiger partial charge on any atom is 0.252 e. The van der Waals surface area contributed by atoms with Crippen molar-refractivity contribution < 1.29 is 17.9 Å². The maximum absolute atomic E-state index is 12.8. The van der Waals surface area contributed by atoms with Crippen LogP contribution in [0.15, 0.2) is 23.1 Å². The number of halogens is 1. The van der Waals surface area contributed by atoms with Crippen LogP contribution in [0.2, 0.25) is 0 Å². The molecule has 1 amide bonds. The average Bonchev–Trinajstić information content (AvgIpc) is 3.09. The van der Waals surface area contributed by atoms with Crippen LogP contribution in [0.3, 0.4) is 0 Å². The molecular formula is C15H22ClN3O4S. The summed E-state index contributed by atoms with van der Waals surface area (Å²) in [6.07, 6.45) is 1.92. The number of carbonyl (C=O) groups excluding carboxylic acids is 1. The zero-order valence-corrected chi connectivity index (χ0v) is 15.0. The van der Waals surface area contributed by atoms with Crippen molar-refractivity contribution in [3.8, 4) is 5.75 Å². The SMILES string of the molecule is COc1ccc(S(=O)(=O)N2CC3CCC(N)C3C2)cc1C(N)=O.Cl. The van der Waals surface area contributed by atoms with Crippen molar-refractivity contribution in [1.82, 2.24) is 4.31 Å². The Morgan fingerprint density at radius 3 is 2.58 bits per heavy atom. The summed E-state index contributed by atoms with van der Waals surface area (Å²) >= 11 is 0. The first-order valence-corrected chi connectivity index (χ1v) is 9.02. The Bertz CT molecular complexity index is 740. The number of rotatable bonds is 4. The number of carbonyl (C=O) groups is 1. The van der Waals surface area contributed by atoms with E-state index in [1.54, 1.807) is 0 Å². The van der Waals surface area contributed by atoms with Gasteiger partial charge in [-0.2, -0.15) is 4.31 Å². The fourth-order valence-corrected chi connectivity index (χ4v) is 5.21. The molecule has 0 spiro atoms. The number of nitrogens with two attached hydrogens (primary N) is 2. The molecule has 1 aromatic carbocycles. The molecule has 0 bridgehead atoms. The van der Waals surface area contributed by atoms with E-state index in [1.807, 2.05) is 0 Å². The molecule has 24 heavy (non-hydrogen) atoms. The van der Waals surface area contributed by atoms with Crippen LogP contribution in [0, 0.1) is 11.8 Å². The van der Waals surface area contributed by atoms with Crippen LogP contribution in [0.5, 0.6) is 5.75 Å². The molecule has 3 unspecified atom stereocenters. The van der Waals surface area contributed by atoms with Gasteiger partial charge in [-0.1, -0.05) is 0 Å². The lowest BCUT2D eigenvalue weighted by Gasteiger charge is -2.19. The van der Waals surface area contributed by atoms with Crippen molar-refractivity contribution >= 4 is 28.3 Å². The highest BCUT2D eigenvalue weighted by molar-refractivity contribution is 7.89. The van der Waals surface area contributed by atoms with Crippen molar-refractivity contribution in [3.63, 3.8) is 0 Å². The van der Waals surface area contributed by atoms with E-state index >= 15 is 0 Å². The number of ether oxygens (including phenoxy) is 1. The molecule has 4 N–H and O–H groups in total. The lowest BCUT2D eigenvalue weighted by Crippen LogP contribution is -2.33. The van der Waals surface area contributed by atoms with Gasteiger partial charge in [-0.3, -0.25) is 4.79 Å². The topological polar surface area (TPSA) is 116 Å². The molecule has 3 atom stereocenters. The quantitative estimate of drug-likeness (QED) is 0.798. The third kappa shape index (κ3) is 3.11. The van der Waals surface area contributed by atoms with Crippen LogP contribution in [-0.2, 0) is 10.0 Å². The van der Waals surface area contributed by atoms with Gasteiger partial charge in [0.25, 0.3) is 5.91 Å². The van der Waals surface area contributed by atoms with Crippen molar-refractivity contribution in [2.75, 3.05) is 20.2 Å². The number of hydrogen-bond donors (Lipinski definition) is 2. The molecule has 1 saturated heterocycles. The maximum atomic E-state index is 12.8. The Kier molecular flexibility index (Phi) is 5.44. The van der Waals surface area contributed by atoms with Gasteiger partial charge in [-0.25, -0.2) is 8.42 Å². The number of amides is 1. The van der Waals surface area contributed by atoms with Crippen molar-refractivity contribution in [2.24, 2.45) is 23.3 Å². The Morgan fingerprint density at radius 1 is 1.29 bits per heavy atom. The third-order valence-corrected chi connectivity index (χ3v) is 6.78. The van der Waals surface area contributed by atoms with E-state index in [-0.39, 0.29) is 40.6 Å². The lowest BCUT2D eigenvalue weighted by molar-refractivity contribution is 0.0997. The summed E-state index contributed by atoms with van der Waals surface area (Å²) in [4.78, 5) is 11.6. The van der Waals surface area contributed by atoms with Crippen LogP contribution in [0.1, 0.15) is 23.2 Å². The molecular weight excluding hydrogens is 354 g/mol. The van der Waals surface area contributed by atoms with Crippen molar-refractivity contribution in [2.45, 2.75) is 23.8 Å². The summed E-state index contributed by atoms with van der Waals surface area (Å²) in [5.41, 5.74) is 11.4. The highest BCUT2D eigenvalue weighted by atomic mass is 35.5. The zero-order valence-electron chi connectivity index (χ0n) is 13.3.